The topological polar surface area (TPSA) is 39.2 Å². The van der Waals surface area contributed by atoms with Crippen molar-refractivity contribution in [2.24, 2.45) is 0 Å². The number of alkyl halides is 3. The van der Waals surface area contributed by atoms with E-state index in [0.717, 1.165) is 16.2 Å². The molecule has 0 saturated heterocycles. The van der Waals surface area contributed by atoms with E-state index in [-0.39, 0.29) is 12.2 Å². The predicted molar refractivity (Wildman–Crippen MR) is 108 cm³/mol. The zero-order chi connectivity index (χ0) is 21.3. The molecule has 0 N–H and O–H groups in total. The monoisotopic (exact) mass is 461 g/mol. The summed E-state index contributed by atoms with van der Waals surface area (Å²) in [5, 5.41) is 0. The summed E-state index contributed by atoms with van der Waals surface area (Å²) in [6.07, 6.45) is -4.82. The number of halogens is 4. The fourth-order valence-electron chi connectivity index (χ4n) is 3.03. The van der Waals surface area contributed by atoms with Crippen molar-refractivity contribution >= 4 is 21.6 Å². The molecular weight excluding hydrogens is 447 g/mol. The molecule has 0 unspecified atom stereocenters. The van der Waals surface area contributed by atoms with Crippen molar-refractivity contribution in [1.29, 1.82) is 0 Å². The van der Waals surface area contributed by atoms with Crippen molar-refractivity contribution < 1.29 is 13.2 Å². The Labute approximate surface area is 173 Å². The lowest BCUT2D eigenvalue weighted by atomic mass is 10.1. The molecule has 1 aromatic carbocycles. The molecule has 0 spiro atoms. The van der Waals surface area contributed by atoms with Gasteiger partial charge in [-0.15, -0.1) is 0 Å². The molecule has 3 aromatic rings. The number of hydrogen-bond donors (Lipinski definition) is 0. The third kappa shape index (κ3) is 4.25. The number of pyridine rings is 2. The molecule has 3 rings (SSSR count). The number of nitrogens with zero attached hydrogens (tertiary/aromatic N) is 3. The Hall–Kier alpha value is -2.92. The summed E-state index contributed by atoms with van der Waals surface area (Å²) in [5.74, 6) is 0. The molecule has 0 fully saturated rings. The Balaban J connectivity index is 2.31. The van der Waals surface area contributed by atoms with E-state index in [1.807, 2.05) is 6.92 Å². The van der Waals surface area contributed by atoms with Crippen LogP contribution in [0.3, 0.4) is 0 Å². The first-order valence-electron chi connectivity index (χ1n) is 8.53. The number of aryl methyl sites for hydroxylation is 2. The van der Waals surface area contributed by atoms with Gasteiger partial charge in [0.2, 0.25) is 0 Å². The van der Waals surface area contributed by atoms with Gasteiger partial charge in [-0.25, -0.2) is 4.85 Å². The Morgan fingerprint density at radius 1 is 1.14 bits per heavy atom. The zero-order valence-corrected chi connectivity index (χ0v) is 17.1. The van der Waals surface area contributed by atoms with Crippen molar-refractivity contribution in [2.45, 2.75) is 26.6 Å². The van der Waals surface area contributed by atoms with Crippen molar-refractivity contribution in [2.75, 3.05) is 0 Å². The fourth-order valence-corrected chi connectivity index (χ4v) is 3.29. The highest BCUT2D eigenvalue weighted by Crippen LogP contribution is 2.37. The summed E-state index contributed by atoms with van der Waals surface area (Å²) < 4.78 is 42.6. The van der Waals surface area contributed by atoms with Crippen LogP contribution in [0.15, 0.2) is 51.7 Å². The minimum atomic E-state index is -4.82. The summed E-state index contributed by atoms with van der Waals surface area (Å²) >= 11 is 3.29. The normalized spacial score (nSPS) is 11.3. The molecule has 0 radical (unpaired) electrons. The summed E-state index contributed by atoms with van der Waals surface area (Å²) in [6.45, 7) is 10.7. The highest BCUT2D eigenvalue weighted by molar-refractivity contribution is 9.10. The molecule has 2 heterocycles. The largest absolute Gasteiger partial charge is 0.407 e. The maximum absolute atomic E-state index is 13.5. The quantitative estimate of drug-likeness (QED) is 0.455. The minimum Gasteiger partial charge on any atom is -0.313 e. The van der Waals surface area contributed by atoms with Gasteiger partial charge in [0.1, 0.15) is 0 Å². The molecule has 0 bridgehead atoms. The molecule has 0 amide bonds. The van der Waals surface area contributed by atoms with Gasteiger partial charge in [-0.2, -0.15) is 13.2 Å². The van der Waals surface area contributed by atoms with Gasteiger partial charge in [0.15, 0.2) is 0 Å². The van der Waals surface area contributed by atoms with Crippen LogP contribution in [0, 0.1) is 20.4 Å². The predicted octanol–water partition coefficient (Wildman–Crippen LogP) is 5.91. The van der Waals surface area contributed by atoms with E-state index >= 15 is 0 Å². The van der Waals surface area contributed by atoms with Gasteiger partial charge in [-0.3, -0.25) is 9.78 Å². The third-order valence-corrected chi connectivity index (χ3v) is 5.02. The zero-order valence-electron chi connectivity index (χ0n) is 15.5. The molecular formula is C21H15BrF3N3O. The van der Waals surface area contributed by atoms with Crippen LogP contribution >= 0.6 is 15.9 Å². The molecule has 148 valence electrons. The van der Waals surface area contributed by atoms with E-state index in [9.17, 15) is 18.0 Å². The molecule has 8 heteroatoms. The molecule has 0 aliphatic heterocycles. The van der Waals surface area contributed by atoms with Crippen LogP contribution in [0.5, 0.6) is 0 Å². The van der Waals surface area contributed by atoms with E-state index in [1.165, 1.54) is 4.57 Å². The second-order valence-electron chi connectivity index (χ2n) is 6.50. The van der Waals surface area contributed by atoms with Crippen LogP contribution in [0.25, 0.3) is 16.1 Å². The number of benzene rings is 1. The van der Waals surface area contributed by atoms with Crippen molar-refractivity contribution in [3.8, 4) is 11.3 Å². The van der Waals surface area contributed by atoms with E-state index in [2.05, 4.69) is 25.8 Å². The van der Waals surface area contributed by atoms with Crippen molar-refractivity contribution in [3.05, 3.63) is 91.2 Å². The molecule has 0 aliphatic rings. The van der Waals surface area contributed by atoms with Gasteiger partial charge in [-0.05, 0) is 49.2 Å². The lowest BCUT2D eigenvalue weighted by molar-refractivity contribution is -0.136. The van der Waals surface area contributed by atoms with E-state index in [4.69, 9.17) is 6.57 Å². The summed E-state index contributed by atoms with van der Waals surface area (Å²) in [6, 6.07) is 11.0. The van der Waals surface area contributed by atoms with E-state index < -0.39 is 23.0 Å². The van der Waals surface area contributed by atoms with Gasteiger partial charge in [0.05, 0.1) is 18.7 Å². The Morgan fingerprint density at radius 2 is 1.79 bits per heavy atom. The van der Waals surface area contributed by atoms with Gasteiger partial charge in [-0.1, -0.05) is 34.1 Å². The Morgan fingerprint density at radius 3 is 2.34 bits per heavy atom. The third-order valence-electron chi connectivity index (χ3n) is 4.49. The molecule has 29 heavy (non-hydrogen) atoms. The summed E-state index contributed by atoms with van der Waals surface area (Å²) in [5.41, 5.74) is -0.475. The molecule has 0 atom stereocenters. The second kappa shape index (κ2) is 7.84. The Bertz CT molecular complexity index is 1180. The Kier molecular flexibility index (Phi) is 5.62. The van der Waals surface area contributed by atoms with Crippen molar-refractivity contribution in [1.82, 2.24) is 9.55 Å². The maximum Gasteiger partial charge on any atom is 0.407 e. The molecule has 4 nitrogen and oxygen atoms in total. The van der Waals surface area contributed by atoms with Gasteiger partial charge in [0, 0.05) is 21.6 Å². The fraction of sp³-hybridized carbons (Fsp3) is 0.190. The maximum atomic E-state index is 13.5. The van der Waals surface area contributed by atoms with Crippen LogP contribution in [-0.4, -0.2) is 9.55 Å². The number of hydrogen-bond acceptors (Lipinski definition) is 2. The summed E-state index contributed by atoms with van der Waals surface area (Å²) in [4.78, 5) is 20.2. The van der Waals surface area contributed by atoms with Gasteiger partial charge < -0.3 is 4.57 Å². The van der Waals surface area contributed by atoms with Gasteiger partial charge in [0.25, 0.3) is 11.2 Å². The smallest absolute Gasteiger partial charge is 0.313 e. The highest BCUT2D eigenvalue weighted by atomic mass is 79.9. The first kappa shape index (κ1) is 20.8. The standard InChI is InChI=1S/C21H15BrF3N3O/c1-12-4-5-15(13(2)27-12)11-28-18(14-6-8-16(22)9-7-14)10-17(21(23,24)25)19(26-3)20(28)29/h4-10H,11H2,1-2H3. The second-order valence-corrected chi connectivity index (χ2v) is 7.41. The van der Waals surface area contributed by atoms with Crippen LogP contribution in [0.1, 0.15) is 22.5 Å². The lowest BCUT2D eigenvalue weighted by Gasteiger charge is -2.18. The SMILES string of the molecule is [C-]#[N+]c1c(C(F)(F)F)cc(-c2ccc(Br)cc2)n(Cc2ccc(C)nc2C)c1=O. The minimum absolute atomic E-state index is 0.00397. The van der Waals surface area contributed by atoms with Gasteiger partial charge >= 0.3 is 6.18 Å². The summed E-state index contributed by atoms with van der Waals surface area (Å²) in [7, 11) is 0. The average Bonchev–Trinajstić information content (AvgIpc) is 2.64. The van der Waals surface area contributed by atoms with Crippen LogP contribution in [0.2, 0.25) is 0 Å². The molecule has 0 aliphatic carbocycles. The van der Waals surface area contributed by atoms with Crippen molar-refractivity contribution in [3.63, 3.8) is 0 Å². The number of aromatic nitrogens is 2. The highest BCUT2D eigenvalue weighted by Gasteiger charge is 2.36. The first-order valence-corrected chi connectivity index (χ1v) is 9.32. The molecule has 0 saturated carbocycles. The van der Waals surface area contributed by atoms with Crippen LogP contribution < -0.4 is 5.56 Å². The lowest BCUT2D eigenvalue weighted by Crippen LogP contribution is -2.25. The first-order chi connectivity index (χ1) is 13.6. The van der Waals surface area contributed by atoms with E-state index in [1.54, 1.807) is 43.3 Å². The number of rotatable bonds is 3. The molecule has 2 aromatic heterocycles. The van der Waals surface area contributed by atoms with Crippen LogP contribution in [-0.2, 0) is 12.7 Å². The van der Waals surface area contributed by atoms with E-state index in [0.29, 0.717) is 16.8 Å². The van der Waals surface area contributed by atoms with Crippen LogP contribution in [0.4, 0.5) is 18.9 Å². The average molecular weight is 462 g/mol.